The Balaban J connectivity index is 1.83. The highest BCUT2D eigenvalue weighted by Crippen LogP contribution is 2.08. The van der Waals surface area contributed by atoms with Crippen LogP contribution in [0.1, 0.15) is 5.82 Å². The van der Waals surface area contributed by atoms with Gasteiger partial charge in [-0.2, -0.15) is 0 Å². The predicted molar refractivity (Wildman–Crippen MR) is 68.4 cm³/mol. The number of halogens is 1. The van der Waals surface area contributed by atoms with Gasteiger partial charge in [0.25, 0.3) is 0 Å². The van der Waals surface area contributed by atoms with Crippen molar-refractivity contribution in [3.63, 3.8) is 0 Å². The van der Waals surface area contributed by atoms with Gasteiger partial charge in [0, 0.05) is 18.7 Å². The van der Waals surface area contributed by atoms with Crippen molar-refractivity contribution < 1.29 is 9.50 Å². The van der Waals surface area contributed by atoms with Gasteiger partial charge in [-0.1, -0.05) is 0 Å². The Hall–Kier alpha value is -1.73. The highest BCUT2D eigenvalue weighted by Gasteiger charge is 2.07. The summed E-state index contributed by atoms with van der Waals surface area (Å²) in [5, 5.41) is 18.2. The van der Waals surface area contributed by atoms with Crippen molar-refractivity contribution in [3.8, 4) is 0 Å². The summed E-state index contributed by atoms with van der Waals surface area (Å²) >= 11 is 4.81. The maximum atomic E-state index is 12.7. The highest BCUT2D eigenvalue weighted by molar-refractivity contribution is 7.71. The van der Waals surface area contributed by atoms with E-state index >= 15 is 0 Å². The fourth-order valence-electron chi connectivity index (χ4n) is 1.50. The van der Waals surface area contributed by atoms with Crippen LogP contribution < -0.4 is 5.32 Å². The second kappa shape index (κ2) is 5.74. The van der Waals surface area contributed by atoms with Crippen molar-refractivity contribution in [3.05, 3.63) is 40.7 Å². The number of hydrogen-bond acceptors (Lipinski definition) is 4. The standard InChI is InChI=1S/C11H13FN4OS/c12-7-1-3-8(4-2-7)13-6-9(17)5-10-14-11(18)16-15-10/h1-4,9,13,17H,5-6H2,(H2,14,15,16,18). The number of nitrogens with one attached hydrogen (secondary N) is 3. The number of benzene rings is 1. The van der Waals surface area contributed by atoms with Gasteiger partial charge >= 0.3 is 0 Å². The zero-order chi connectivity index (χ0) is 13.0. The van der Waals surface area contributed by atoms with Crippen molar-refractivity contribution in [2.75, 3.05) is 11.9 Å². The summed E-state index contributed by atoms with van der Waals surface area (Å²) in [6, 6.07) is 5.95. The molecule has 0 aliphatic carbocycles. The Bertz CT molecular complexity index is 551. The lowest BCUT2D eigenvalue weighted by molar-refractivity contribution is 0.185. The average molecular weight is 268 g/mol. The van der Waals surface area contributed by atoms with Crippen LogP contribution in [-0.4, -0.2) is 32.9 Å². The zero-order valence-electron chi connectivity index (χ0n) is 9.48. The predicted octanol–water partition coefficient (Wildman–Crippen LogP) is 1.62. The minimum atomic E-state index is -0.607. The normalized spacial score (nSPS) is 12.3. The van der Waals surface area contributed by atoms with Gasteiger partial charge in [0.15, 0.2) is 0 Å². The summed E-state index contributed by atoms with van der Waals surface area (Å²) < 4.78 is 13.0. The number of aromatic amines is 2. The third-order valence-corrected chi connectivity index (χ3v) is 2.56. The molecule has 0 aliphatic heterocycles. The molecule has 96 valence electrons. The molecule has 0 radical (unpaired) electrons. The fraction of sp³-hybridized carbons (Fsp3) is 0.273. The molecule has 5 nitrogen and oxygen atoms in total. The number of nitrogens with zero attached hydrogens (tertiary/aromatic N) is 1. The van der Waals surface area contributed by atoms with Crippen molar-refractivity contribution in [2.45, 2.75) is 12.5 Å². The molecule has 1 heterocycles. The molecule has 2 rings (SSSR count). The van der Waals surface area contributed by atoms with Gasteiger partial charge in [0.2, 0.25) is 4.77 Å². The first-order valence-electron chi connectivity index (χ1n) is 5.44. The molecule has 0 saturated carbocycles. The van der Waals surface area contributed by atoms with Crippen LogP contribution in [-0.2, 0) is 6.42 Å². The summed E-state index contributed by atoms with van der Waals surface area (Å²) in [6.45, 7) is 0.346. The molecular weight excluding hydrogens is 255 g/mol. The Morgan fingerprint density at radius 1 is 1.33 bits per heavy atom. The van der Waals surface area contributed by atoms with Gasteiger partial charge in [-0.05, 0) is 36.5 Å². The van der Waals surface area contributed by atoms with Crippen LogP contribution in [0.2, 0.25) is 0 Å². The Labute approximate surface area is 108 Å². The molecule has 0 amide bonds. The first-order chi connectivity index (χ1) is 8.63. The molecule has 7 heteroatoms. The Morgan fingerprint density at radius 3 is 2.67 bits per heavy atom. The van der Waals surface area contributed by atoms with Gasteiger partial charge in [0.1, 0.15) is 11.6 Å². The maximum absolute atomic E-state index is 12.7. The van der Waals surface area contributed by atoms with E-state index in [9.17, 15) is 9.50 Å². The molecule has 2 aromatic rings. The van der Waals surface area contributed by atoms with E-state index in [0.29, 0.717) is 23.6 Å². The minimum absolute atomic E-state index is 0.287. The van der Waals surface area contributed by atoms with Crippen LogP contribution in [0.5, 0.6) is 0 Å². The van der Waals surface area contributed by atoms with E-state index in [4.69, 9.17) is 12.2 Å². The molecule has 18 heavy (non-hydrogen) atoms. The number of aliphatic hydroxyl groups is 1. The summed E-state index contributed by atoms with van der Waals surface area (Å²) in [5.74, 6) is 0.318. The van der Waals surface area contributed by atoms with Crippen LogP contribution in [0, 0.1) is 10.6 Å². The average Bonchev–Trinajstić information content (AvgIpc) is 2.74. The number of rotatable bonds is 5. The smallest absolute Gasteiger partial charge is 0.213 e. The molecule has 1 aromatic carbocycles. The molecule has 0 bridgehead atoms. The summed E-state index contributed by atoms with van der Waals surface area (Å²) in [4.78, 5) is 3.98. The largest absolute Gasteiger partial charge is 0.391 e. The molecule has 0 aliphatic rings. The van der Waals surface area contributed by atoms with E-state index in [0.717, 1.165) is 5.69 Å². The summed E-state index contributed by atoms with van der Waals surface area (Å²) in [5.41, 5.74) is 0.755. The van der Waals surface area contributed by atoms with Gasteiger partial charge in [-0.3, -0.25) is 10.2 Å². The van der Waals surface area contributed by atoms with Crippen LogP contribution in [0.4, 0.5) is 10.1 Å². The third kappa shape index (κ3) is 3.64. The van der Waals surface area contributed by atoms with Gasteiger partial charge in [-0.15, -0.1) is 0 Å². The van der Waals surface area contributed by atoms with E-state index in [1.165, 1.54) is 12.1 Å². The molecule has 1 aromatic heterocycles. The SMILES string of the molecule is OC(CNc1ccc(F)cc1)Cc1nc(=S)[nH][nH]1. The molecule has 0 fully saturated rings. The molecule has 4 N–H and O–H groups in total. The van der Waals surface area contributed by atoms with Gasteiger partial charge in [0.05, 0.1) is 6.10 Å². The van der Waals surface area contributed by atoms with Gasteiger partial charge < -0.3 is 10.4 Å². The summed E-state index contributed by atoms with van der Waals surface area (Å²) in [7, 11) is 0. The Morgan fingerprint density at radius 2 is 2.06 bits per heavy atom. The lowest BCUT2D eigenvalue weighted by Gasteiger charge is -2.11. The lowest BCUT2D eigenvalue weighted by Crippen LogP contribution is -2.22. The van der Waals surface area contributed by atoms with Crippen LogP contribution in [0.25, 0.3) is 0 Å². The summed E-state index contributed by atoms with van der Waals surface area (Å²) in [6.07, 6.45) is -0.245. The van der Waals surface area contributed by atoms with E-state index in [-0.39, 0.29) is 5.82 Å². The quantitative estimate of drug-likeness (QED) is 0.622. The van der Waals surface area contributed by atoms with E-state index in [2.05, 4.69) is 20.5 Å². The van der Waals surface area contributed by atoms with Crippen molar-refractivity contribution in [1.29, 1.82) is 0 Å². The Kier molecular flexibility index (Phi) is 4.06. The molecule has 1 unspecified atom stereocenters. The number of hydrogen-bond donors (Lipinski definition) is 4. The topological polar surface area (TPSA) is 76.7 Å². The molecule has 0 saturated heterocycles. The van der Waals surface area contributed by atoms with Crippen LogP contribution >= 0.6 is 12.2 Å². The highest BCUT2D eigenvalue weighted by atomic mass is 32.1. The van der Waals surface area contributed by atoms with Gasteiger partial charge in [-0.25, -0.2) is 9.37 Å². The van der Waals surface area contributed by atoms with Crippen molar-refractivity contribution in [1.82, 2.24) is 15.2 Å². The third-order valence-electron chi connectivity index (χ3n) is 2.37. The number of aliphatic hydroxyl groups excluding tert-OH is 1. The van der Waals surface area contributed by atoms with E-state index in [1.807, 2.05) is 0 Å². The number of anilines is 1. The zero-order valence-corrected chi connectivity index (χ0v) is 10.3. The number of H-pyrrole nitrogens is 2. The second-order valence-corrected chi connectivity index (χ2v) is 4.25. The molecular formula is C11H13FN4OS. The van der Waals surface area contributed by atoms with E-state index < -0.39 is 6.10 Å². The molecule has 1 atom stereocenters. The van der Waals surface area contributed by atoms with Crippen molar-refractivity contribution >= 4 is 17.9 Å². The van der Waals surface area contributed by atoms with E-state index in [1.54, 1.807) is 12.1 Å². The second-order valence-electron chi connectivity index (χ2n) is 3.86. The molecule has 0 spiro atoms. The van der Waals surface area contributed by atoms with Crippen LogP contribution in [0.3, 0.4) is 0 Å². The minimum Gasteiger partial charge on any atom is -0.391 e. The maximum Gasteiger partial charge on any atom is 0.213 e. The van der Waals surface area contributed by atoms with Crippen LogP contribution in [0.15, 0.2) is 24.3 Å². The monoisotopic (exact) mass is 268 g/mol. The number of aromatic nitrogens is 3. The fourth-order valence-corrected chi connectivity index (χ4v) is 1.66. The first kappa shape index (κ1) is 12.7. The lowest BCUT2D eigenvalue weighted by atomic mass is 10.2. The van der Waals surface area contributed by atoms with Crippen molar-refractivity contribution in [2.24, 2.45) is 0 Å². The first-order valence-corrected chi connectivity index (χ1v) is 5.85.